The number of hydrogen-bond acceptors (Lipinski definition) is 4. The van der Waals surface area contributed by atoms with Crippen LogP contribution >= 0.6 is 0 Å². The summed E-state index contributed by atoms with van der Waals surface area (Å²) in [5.41, 5.74) is 2.26. The van der Waals surface area contributed by atoms with E-state index in [1.165, 1.54) is 19.2 Å². The first-order chi connectivity index (χ1) is 12.4. The Hall–Kier alpha value is -2.86. The molecule has 26 heavy (non-hydrogen) atoms. The quantitative estimate of drug-likeness (QED) is 0.757. The van der Waals surface area contributed by atoms with E-state index >= 15 is 0 Å². The number of amides is 1. The molecular formula is C20H23NO5. The van der Waals surface area contributed by atoms with Crippen LogP contribution in [0, 0.1) is 5.92 Å². The van der Waals surface area contributed by atoms with Crippen molar-refractivity contribution < 1.29 is 24.2 Å². The van der Waals surface area contributed by atoms with Crippen molar-refractivity contribution >= 4 is 17.6 Å². The van der Waals surface area contributed by atoms with E-state index in [9.17, 15) is 14.7 Å². The third kappa shape index (κ3) is 5.32. The van der Waals surface area contributed by atoms with E-state index in [-0.39, 0.29) is 24.0 Å². The number of ether oxygens (including phenoxy) is 2. The van der Waals surface area contributed by atoms with E-state index in [4.69, 9.17) is 9.47 Å². The minimum Gasteiger partial charge on any atom is -0.497 e. The molecule has 0 fully saturated rings. The van der Waals surface area contributed by atoms with Crippen LogP contribution in [0.1, 0.15) is 28.4 Å². The van der Waals surface area contributed by atoms with Gasteiger partial charge in [-0.05, 0) is 47.9 Å². The van der Waals surface area contributed by atoms with Gasteiger partial charge in [-0.1, -0.05) is 19.1 Å². The van der Waals surface area contributed by atoms with Gasteiger partial charge in [0.25, 0.3) is 0 Å². The number of benzene rings is 2. The molecule has 138 valence electrons. The number of carboxylic acid groups (broad SMARTS) is 1. The Labute approximate surface area is 152 Å². The van der Waals surface area contributed by atoms with Gasteiger partial charge in [0, 0.05) is 18.7 Å². The Kier molecular flexibility index (Phi) is 6.74. The fraction of sp³-hybridized carbons (Fsp3) is 0.300. The van der Waals surface area contributed by atoms with Gasteiger partial charge in [-0.2, -0.15) is 0 Å². The van der Waals surface area contributed by atoms with E-state index in [1.807, 2.05) is 31.2 Å². The minimum atomic E-state index is -1.05. The number of hydrogen-bond donors (Lipinski definition) is 2. The zero-order valence-electron chi connectivity index (χ0n) is 15.1. The van der Waals surface area contributed by atoms with Crippen LogP contribution in [-0.4, -0.2) is 31.2 Å². The molecule has 0 aromatic heterocycles. The summed E-state index contributed by atoms with van der Waals surface area (Å²) >= 11 is 0. The lowest BCUT2D eigenvalue weighted by molar-refractivity contribution is -0.119. The number of nitrogens with one attached hydrogen (secondary N) is 1. The summed E-state index contributed by atoms with van der Waals surface area (Å²) in [6.07, 6.45) is 0.569. The summed E-state index contributed by atoms with van der Waals surface area (Å²) in [4.78, 5) is 23.7. The maximum Gasteiger partial charge on any atom is 0.335 e. The number of carboxylic acids is 1. The summed E-state index contributed by atoms with van der Waals surface area (Å²) in [5, 5.41) is 12.0. The summed E-state index contributed by atoms with van der Waals surface area (Å²) in [5.74, 6) is -0.735. The Morgan fingerprint density at radius 2 is 1.77 bits per heavy atom. The lowest BCUT2D eigenvalue weighted by atomic mass is 10.00. The smallest absolute Gasteiger partial charge is 0.335 e. The summed E-state index contributed by atoms with van der Waals surface area (Å²) in [7, 11) is 3.14. The number of rotatable bonds is 8. The number of carbonyl (C=O) groups excluding carboxylic acids is 1. The highest BCUT2D eigenvalue weighted by atomic mass is 16.5. The van der Waals surface area contributed by atoms with Crippen LogP contribution < -0.4 is 10.1 Å². The van der Waals surface area contributed by atoms with E-state index < -0.39 is 5.97 Å². The van der Waals surface area contributed by atoms with Crippen LogP contribution in [-0.2, 0) is 22.6 Å². The van der Waals surface area contributed by atoms with Crippen LogP contribution in [0.3, 0.4) is 0 Å². The monoisotopic (exact) mass is 357 g/mol. The second-order valence-electron chi connectivity index (χ2n) is 6.10. The van der Waals surface area contributed by atoms with Crippen molar-refractivity contribution in [3.8, 4) is 5.75 Å². The molecule has 1 unspecified atom stereocenters. The minimum absolute atomic E-state index is 0.109. The molecule has 6 nitrogen and oxygen atoms in total. The average Bonchev–Trinajstić information content (AvgIpc) is 2.62. The van der Waals surface area contributed by atoms with Crippen molar-refractivity contribution in [2.24, 2.45) is 5.92 Å². The summed E-state index contributed by atoms with van der Waals surface area (Å²) in [6, 6.07) is 12.2. The molecule has 0 aliphatic carbocycles. The first-order valence-corrected chi connectivity index (χ1v) is 8.23. The lowest BCUT2D eigenvalue weighted by Gasteiger charge is -2.14. The van der Waals surface area contributed by atoms with Gasteiger partial charge in [-0.25, -0.2) is 4.79 Å². The molecule has 0 aliphatic heterocycles. The van der Waals surface area contributed by atoms with Gasteiger partial charge in [0.2, 0.25) is 5.91 Å². The number of anilines is 1. The molecule has 0 saturated heterocycles. The molecule has 1 atom stereocenters. The Morgan fingerprint density at radius 1 is 1.08 bits per heavy atom. The maximum absolute atomic E-state index is 12.5. The summed E-state index contributed by atoms with van der Waals surface area (Å²) < 4.78 is 10.2. The van der Waals surface area contributed by atoms with Crippen molar-refractivity contribution in [2.45, 2.75) is 20.0 Å². The van der Waals surface area contributed by atoms with Gasteiger partial charge in [-0.3, -0.25) is 4.79 Å². The van der Waals surface area contributed by atoms with E-state index in [1.54, 1.807) is 13.2 Å². The summed E-state index contributed by atoms with van der Waals surface area (Å²) in [6.45, 7) is 2.10. The first kappa shape index (κ1) is 19.5. The third-order valence-corrected chi connectivity index (χ3v) is 3.97. The molecule has 0 aliphatic rings. The number of aromatic carboxylic acids is 1. The zero-order valence-corrected chi connectivity index (χ0v) is 15.1. The first-order valence-electron chi connectivity index (χ1n) is 8.23. The van der Waals surface area contributed by atoms with Crippen molar-refractivity contribution in [3.05, 3.63) is 59.2 Å². The molecule has 2 rings (SSSR count). The average molecular weight is 357 g/mol. The number of methoxy groups -OCH3 is 2. The largest absolute Gasteiger partial charge is 0.497 e. The highest BCUT2D eigenvalue weighted by molar-refractivity contribution is 5.95. The van der Waals surface area contributed by atoms with Gasteiger partial charge in [-0.15, -0.1) is 0 Å². The molecule has 2 aromatic rings. The molecular weight excluding hydrogens is 334 g/mol. The normalized spacial score (nSPS) is 11.7. The molecule has 0 heterocycles. The second-order valence-corrected chi connectivity index (χ2v) is 6.10. The highest BCUT2D eigenvalue weighted by Gasteiger charge is 2.15. The van der Waals surface area contributed by atoms with Crippen LogP contribution in [0.25, 0.3) is 0 Å². The van der Waals surface area contributed by atoms with Gasteiger partial charge in [0.15, 0.2) is 0 Å². The van der Waals surface area contributed by atoms with Gasteiger partial charge in [0.05, 0.1) is 19.3 Å². The Bertz CT molecular complexity index is 770. The van der Waals surface area contributed by atoms with E-state index in [2.05, 4.69) is 5.32 Å². The predicted molar refractivity (Wildman–Crippen MR) is 98.6 cm³/mol. The number of carbonyl (C=O) groups is 2. The molecule has 0 spiro atoms. The highest BCUT2D eigenvalue weighted by Crippen LogP contribution is 2.19. The predicted octanol–water partition coefficient (Wildman–Crippen LogP) is 3.36. The molecule has 0 bridgehead atoms. The van der Waals surface area contributed by atoms with Gasteiger partial charge >= 0.3 is 5.97 Å². The Morgan fingerprint density at radius 3 is 2.35 bits per heavy atom. The molecule has 6 heteroatoms. The van der Waals surface area contributed by atoms with E-state index in [0.717, 1.165) is 11.3 Å². The second kappa shape index (κ2) is 9.01. The molecule has 1 amide bonds. The molecule has 2 aromatic carbocycles. The van der Waals surface area contributed by atoms with Crippen LogP contribution in [0.15, 0.2) is 42.5 Å². The maximum atomic E-state index is 12.5. The van der Waals surface area contributed by atoms with Crippen LogP contribution in [0.5, 0.6) is 5.75 Å². The molecule has 0 saturated carbocycles. The SMILES string of the molecule is COCc1cc(NC(=O)C(C)Cc2ccc(OC)cc2)cc(C(=O)O)c1. The van der Waals surface area contributed by atoms with Crippen molar-refractivity contribution in [1.82, 2.24) is 0 Å². The van der Waals surface area contributed by atoms with Crippen molar-refractivity contribution in [3.63, 3.8) is 0 Å². The fourth-order valence-corrected chi connectivity index (χ4v) is 2.61. The lowest BCUT2D eigenvalue weighted by Crippen LogP contribution is -2.22. The van der Waals surface area contributed by atoms with Crippen molar-refractivity contribution in [2.75, 3.05) is 19.5 Å². The molecule has 0 radical (unpaired) electrons. The Balaban J connectivity index is 2.08. The molecule has 2 N–H and O–H groups in total. The van der Waals surface area contributed by atoms with Gasteiger partial charge < -0.3 is 19.9 Å². The van der Waals surface area contributed by atoms with Gasteiger partial charge in [0.1, 0.15) is 5.75 Å². The zero-order chi connectivity index (χ0) is 19.1. The van der Waals surface area contributed by atoms with Crippen molar-refractivity contribution in [1.29, 1.82) is 0 Å². The van der Waals surface area contributed by atoms with E-state index in [0.29, 0.717) is 17.7 Å². The standard InChI is InChI=1S/C20H23NO5/c1-13(8-14-4-6-18(26-3)7-5-14)19(22)21-17-10-15(12-25-2)9-16(11-17)20(23)24/h4-7,9-11,13H,8,12H2,1-3H3,(H,21,22)(H,23,24). The van der Waals surface area contributed by atoms with Crippen LogP contribution in [0.2, 0.25) is 0 Å². The third-order valence-electron chi connectivity index (χ3n) is 3.97. The van der Waals surface area contributed by atoms with Crippen LogP contribution in [0.4, 0.5) is 5.69 Å². The fourth-order valence-electron chi connectivity index (χ4n) is 2.61. The topological polar surface area (TPSA) is 84.9 Å².